The Morgan fingerprint density at radius 3 is 2.15 bits per heavy atom. The summed E-state index contributed by atoms with van der Waals surface area (Å²) in [6.45, 7) is 11.0. The van der Waals surface area contributed by atoms with Gasteiger partial charge in [0, 0.05) is 36.1 Å². The molecule has 1 atom stereocenters. The van der Waals surface area contributed by atoms with Gasteiger partial charge in [0.1, 0.15) is 5.69 Å². The fourth-order valence-electron chi connectivity index (χ4n) is 7.85. The average Bonchev–Trinajstić information content (AvgIpc) is 3.19. The van der Waals surface area contributed by atoms with Gasteiger partial charge in [0.05, 0.1) is 5.56 Å². The molecule has 0 fully saturated rings. The zero-order chi connectivity index (χ0) is 27.3. The Hall–Kier alpha value is -3.60. The zero-order valence-electron chi connectivity index (χ0n) is 23.6. The molecule has 39 heavy (non-hydrogen) atoms. The molecule has 0 spiro atoms. The van der Waals surface area contributed by atoms with Crippen molar-refractivity contribution in [2.45, 2.75) is 64.2 Å². The van der Waals surface area contributed by atoms with E-state index in [1.54, 1.807) is 7.11 Å². The monoisotopic (exact) mass is 515 g/mol. The summed E-state index contributed by atoms with van der Waals surface area (Å²) in [7, 11) is 1.63. The summed E-state index contributed by atoms with van der Waals surface area (Å²) >= 11 is 0. The smallest absolute Gasteiger partial charge is 0.297 e. The third-order valence-corrected chi connectivity index (χ3v) is 9.79. The van der Waals surface area contributed by atoms with E-state index in [9.17, 15) is 5.11 Å². The number of benzene rings is 4. The minimum absolute atomic E-state index is 0.287. The van der Waals surface area contributed by atoms with E-state index in [0.29, 0.717) is 12.8 Å². The van der Waals surface area contributed by atoms with Gasteiger partial charge in [-0.05, 0) is 57.1 Å². The number of nitrogens with zero attached hydrogens (tertiary/aromatic N) is 2. The molecule has 4 nitrogen and oxygen atoms in total. The summed E-state index contributed by atoms with van der Waals surface area (Å²) in [6, 6.07) is 25.9. The van der Waals surface area contributed by atoms with Gasteiger partial charge in [-0.2, -0.15) is 0 Å². The Balaban J connectivity index is 1.71. The summed E-state index contributed by atoms with van der Waals surface area (Å²) < 4.78 is 8.48. The Bertz CT molecular complexity index is 1830. The molecule has 0 amide bonds. The number of fused-ring (bicyclic) bond motifs is 10. The van der Waals surface area contributed by atoms with Crippen LogP contribution in [0.15, 0.2) is 72.8 Å². The van der Waals surface area contributed by atoms with Gasteiger partial charge in [-0.25, -0.2) is 4.57 Å². The van der Waals surface area contributed by atoms with E-state index in [-0.39, 0.29) is 5.41 Å². The number of aromatic nitrogens is 2. The molecule has 1 aliphatic heterocycles. The molecule has 1 aliphatic carbocycles. The fourth-order valence-corrected chi connectivity index (χ4v) is 7.85. The summed E-state index contributed by atoms with van der Waals surface area (Å²) in [6.07, 6.45) is 1.38. The average molecular weight is 516 g/mol. The number of ether oxygens (including phenoxy) is 1. The zero-order valence-corrected chi connectivity index (χ0v) is 23.6. The van der Waals surface area contributed by atoms with Crippen molar-refractivity contribution in [1.82, 2.24) is 4.98 Å². The molecule has 2 aliphatic rings. The number of rotatable bonds is 3. The Morgan fingerprint density at radius 2 is 1.49 bits per heavy atom. The van der Waals surface area contributed by atoms with Crippen molar-refractivity contribution in [2.24, 2.45) is 0 Å². The number of hydrogen-bond donors (Lipinski definition) is 1. The second-order valence-corrected chi connectivity index (χ2v) is 11.7. The highest BCUT2D eigenvalue weighted by molar-refractivity contribution is 6.03. The molecule has 7 rings (SSSR count). The second-order valence-electron chi connectivity index (χ2n) is 11.7. The minimum Gasteiger partial charge on any atom is -0.358 e. The lowest BCUT2D eigenvalue weighted by atomic mass is 9.70. The normalized spacial score (nSPS) is 20.0. The molecule has 196 valence electrons. The molecule has 0 saturated heterocycles. The Morgan fingerprint density at radius 1 is 0.846 bits per heavy atom. The molecular formula is C35H35N2O2+. The largest absolute Gasteiger partial charge is 0.358 e. The predicted octanol–water partition coefficient (Wildman–Crippen LogP) is 7.28. The van der Waals surface area contributed by atoms with Crippen molar-refractivity contribution in [3.63, 3.8) is 0 Å². The van der Waals surface area contributed by atoms with Gasteiger partial charge in [0.2, 0.25) is 5.79 Å². The van der Waals surface area contributed by atoms with E-state index in [1.165, 1.54) is 27.5 Å². The quantitative estimate of drug-likeness (QED) is 0.203. The first kappa shape index (κ1) is 24.4. The van der Waals surface area contributed by atoms with Gasteiger partial charge in [-0.15, -0.1) is 0 Å². The lowest BCUT2D eigenvalue weighted by Gasteiger charge is -2.48. The molecule has 1 N–H and O–H groups in total. The third-order valence-electron chi connectivity index (χ3n) is 9.79. The Labute approximate surface area is 229 Å². The molecule has 0 radical (unpaired) electrons. The van der Waals surface area contributed by atoms with Gasteiger partial charge in [0.15, 0.2) is 11.2 Å². The first-order valence-electron chi connectivity index (χ1n) is 14.0. The van der Waals surface area contributed by atoms with Gasteiger partial charge >= 0.3 is 0 Å². The van der Waals surface area contributed by atoms with Crippen LogP contribution >= 0.6 is 0 Å². The topological polar surface area (TPSA) is 46.2 Å². The van der Waals surface area contributed by atoms with Crippen molar-refractivity contribution in [3.8, 4) is 22.5 Å². The SMILES string of the molecule is CCC1(CC)[n+]2c(C)nc3c(c2-c2cc4ccccc4cc2C1(O)OC)C(C)(C)c1ccc2ccccc2c1-3. The van der Waals surface area contributed by atoms with E-state index in [4.69, 9.17) is 9.72 Å². The molecule has 1 unspecified atom stereocenters. The number of methoxy groups -OCH3 is 1. The van der Waals surface area contributed by atoms with Gasteiger partial charge in [-0.3, -0.25) is 0 Å². The second kappa shape index (κ2) is 7.97. The van der Waals surface area contributed by atoms with Crippen LogP contribution in [0.4, 0.5) is 0 Å². The lowest BCUT2D eigenvalue weighted by Crippen LogP contribution is -2.72. The highest BCUT2D eigenvalue weighted by atomic mass is 16.6. The summed E-state index contributed by atoms with van der Waals surface area (Å²) in [4.78, 5) is 5.38. The molecule has 4 heteroatoms. The first-order chi connectivity index (χ1) is 18.7. The number of hydrogen-bond acceptors (Lipinski definition) is 3. The van der Waals surface area contributed by atoms with Gasteiger partial charge < -0.3 is 9.84 Å². The summed E-state index contributed by atoms with van der Waals surface area (Å²) in [5.74, 6) is -0.630. The van der Waals surface area contributed by atoms with Crippen LogP contribution in [0.3, 0.4) is 0 Å². The van der Waals surface area contributed by atoms with Crippen LogP contribution in [0, 0.1) is 6.92 Å². The summed E-state index contributed by atoms with van der Waals surface area (Å²) in [5, 5.41) is 17.3. The van der Waals surface area contributed by atoms with Crippen LogP contribution in [-0.4, -0.2) is 17.2 Å². The van der Waals surface area contributed by atoms with Gasteiger partial charge in [0.25, 0.3) is 5.82 Å². The molecule has 1 aromatic heterocycles. The van der Waals surface area contributed by atoms with E-state index >= 15 is 0 Å². The van der Waals surface area contributed by atoms with Crippen LogP contribution in [0.2, 0.25) is 0 Å². The van der Waals surface area contributed by atoms with Crippen LogP contribution in [0.25, 0.3) is 44.1 Å². The van der Waals surface area contributed by atoms with E-state index in [2.05, 4.69) is 112 Å². The van der Waals surface area contributed by atoms with E-state index in [0.717, 1.165) is 39.1 Å². The van der Waals surface area contributed by atoms with E-state index < -0.39 is 11.3 Å². The highest BCUT2D eigenvalue weighted by Crippen LogP contribution is 2.57. The molecule has 4 aromatic carbocycles. The maximum Gasteiger partial charge on any atom is 0.297 e. The van der Waals surface area contributed by atoms with Crippen LogP contribution < -0.4 is 4.57 Å². The Kier molecular flexibility index (Phi) is 4.99. The number of aliphatic hydroxyl groups is 1. The van der Waals surface area contributed by atoms with Crippen LogP contribution in [0.5, 0.6) is 0 Å². The van der Waals surface area contributed by atoms with E-state index in [1.807, 2.05) is 0 Å². The lowest BCUT2D eigenvalue weighted by molar-refractivity contribution is -0.796. The van der Waals surface area contributed by atoms with Crippen molar-refractivity contribution in [3.05, 3.63) is 95.3 Å². The fraction of sp³-hybridized carbons (Fsp3) is 0.314. The predicted molar refractivity (Wildman–Crippen MR) is 157 cm³/mol. The maximum absolute atomic E-state index is 12.6. The molecule has 5 aromatic rings. The number of aryl methyl sites for hydroxylation is 1. The van der Waals surface area contributed by atoms with Gasteiger partial charge in [-0.1, -0.05) is 88.4 Å². The van der Waals surface area contributed by atoms with Crippen molar-refractivity contribution < 1.29 is 14.4 Å². The maximum atomic E-state index is 12.6. The molecule has 0 saturated carbocycles. The minimum atomic E-state index is -1.52. The van der Waals surface area contributed by atoms with Crippen molar-refractivity contribution in [1.29, 1.82) is 0 Å². The van der Waals surface area contributed by atoms with Crippen molar-refractivity contribution in [2.75, 3.05) is 7.11 Å². The standard InChI is InChI=1S/C35H35N2O2/c1-7-34(8-2)35(38,39-6)28-20-24-15-10-9-14-23(24)19-26(28)32-30-31(36-21(3)37(32)34)29-25-16-12-11-13-22(25)17-18-27(29)33(30,4)5/h9-20,38H,7-8H2,1-6H3/q+1. The molecule has 0 bridgehead atoms. The van der Waals surface area contributed by atoms with Crippen LogP contribution in [-0.2, 0) is 21.5 Å². The summed E-state index contributed by atoms with van der Waals surface area (Å²) in [5.41, 5.74) is 6.78. The van der Waals surface area contributed by atoms with Crippen molar-refractivity contribution >= 4 is 21.5 Å². The highest BCUT2D eigenvalue weighted by Gasteiger charge is 2.62. The molecular weight excluding hydrogens is 480 g/mol. The molecule has 2 heterocycles. The third kappa shape index (κ3) is 2.81. The van der Waals surface area contributed by atoms with Crippen LogP contribution in [0.1, 0.15) is 63.1 Å². The first-order valence-corrected chi connectivity index (χ1v) is 14.0.